The first-order valence-electron chi connectivity index (χ1n) is 8.06. The minimum Gasteiger partial charge on any atom is -0.343 e. The van der Waals surface area contributed by atoms with Gasteiger partial charge in [-0.05, 0) is 11.6 Å². The lowest BCUT2D eigenvalue weighted by Gasteiger charge is -2.14. The monoisotopic (exact) mass is 348 g/mol. The molecule has 0 spiro atoms. The molecule has 4 rings (SSSR count). The summed E-state index contributed by atoms with van der Waals surface area (Å²) in [5, 5.41) is 3.71. The Labute approximate surface area is 149 Å². The molecule has 0 saturated heterocycles. The van der Waals surface area contributed by atoms with Crippen LogP contribution < -0.4 is 0 Å². The van der Waals surface area contributed by atoms with Crippen molar-refractivity contribution >= 4 is 17.1 Å². The summed E-state index contributed by atoms with van der Waals surface area (Å²) in [7, 11) is 1.68. The van der Waals surface area contributed by atoms with Gasteiger partial charge in [0.25, 0.3) is 5.91 Å². The normalized spacial score (nSPS) is 11.0. The predicted octanol–water partition coefficient (Wildman–Crippen LogP) is 2.13. The van der Waals surface area contributed by atoms with Gasteiger partial charge in [0.2, 0.25) is 6.39 Å². The second-order valence-corrected chi connectivity index (χ2v) is 5.93. The maximum atomic E-state index is 12.6. The highest BCUT2D eigenvalue weighted by Gasteiger charge is 2.16. The lowest BCUT2D eigenvalue weighted by Crippen LogP contribution is -2.26. The first-order valence-corrected chi connectivity index (χ1v) is 8.06. The second-order valence-electron chi connectivity index (χ2n) is 5.93. The summed E-state index contributed by atoms with van der Waals surface area (Å²) >= 11 is 0. The molecule has 3 heterocycles. The number of pyridine rings is 1. The molecule has 26 heavy (non-hydrogen) atoms. The molecular formula is C18H16N6O2. The number of imidazole rings is 1. The Bertz CT molecular complexity index is 1030. The van der Waals surface area contributed by atoms with Gasteiger partial charge in [-0.1, -0.05) is 35.5 Å². The third-order valence-corrected chi connectivity index (χ3v) is 4.03. The highest BCUT2D eigenvalue weighted by Crippen LogP contribution is 2.15. The summed E-state index contributed by atoms with van der Waals surface area (Å²) in [6, 6.07) is 11.8. The Balaban J connectivity index is 1.55. The largest absolute Gasteiger partial charge is 0.343 e. The molecule has 3 aromatic heterocycles. The van der Waals surface area contributed by atoms with Crippen LogP contribution in [0.25, 0.3) is 11.2 Å². The van der Waals surface area contributed by atoms with Crippen molar-refractivity contribution in [1.82, 2.24) is 29.6 Å². The molecule has 8 heteroatoms. The molecule has 4 aromatic rings. The summed E-state index contributed by atoms with van der Waals surface area (Å²) < 4.78 is 6.65. The third kappa shape index (κ3) is 3.16. The van der Waals surface area contributed by atoms with Crippen LogP contribution >= 0.6 is 0 Å². The van der Waals surface area contributed by atoms with Crippen molar-refractivity contribution in [2.24, 2.45) is 0 Å². The van der Waals surface area contributed by atoms with Crippen molar-refractivity contribution < 1.29 is 9.32 Å². The van der Waals surface area contributed by atoms with Crippen molar-refractivity contribution in [2.75, 3.05) is 7.05 Å². The molecule has 0 unspecified atom stereocenters. The Morgan fingerprint density at radius 1 is 1.19 bits per heavy atom. The molecule has 0 aliphatic heterocycles. The quantitative estimate of drug-likeness (QED) is 0.549. The van der Waals surface area contributed by atoms with Gasteiger partial charge in [-0.15, -0.1) is 0 Å². The molecule has 0 fully saturated rings. The van der Waals surface area contributed by atoms with E-state index in [0.29, 0.717) is 23.4 Å². The van der Waals surface area contributed by atoms with Gasteiger partial charge in [0.05, 0.1) is 25.0 Å². The van der Waals surface area contributed by atoms with Crippen molar-refractivity contribution in [3.05, 3.63) is 72.3 Å². The number of aromatic nitrogens is 5. The van der Waals surface area contributed by atoms with Crippen LogP contribution in [0.4, 0.5) is 0 Å². The SMILES string of the molecule is CN(Cc1ncon1)C(=O)c1cnc2c(c1)ncn2Cc1ccccc1. The summed E-state index contributed by atoms with van der Waals surface area (Å²) in [5.41, 5.74) is 3.05. The fourth-order valence-corrected chi connectivity index (χ4v) is 2.73. The standard InChI is InChI=1S/C18H16N6O2/c1-23(10-16-21-12-26-22-16)18(25)14-7-15-17(19-8-14)24(11-20-15)9-13-5-3-2-4-6-13/h2-8,11-12H,9-10H2,1H3. The molecule has 0 N–H and O–H groups in total. The number of rotatable bonds is 5. The average molecular weight is 348 g/mol. The number of carbonyl (C=O) groups excluding carboxylic acids is 1. The Hall–Kier alpha value is -3.55. The highest BCUT2D eigenvalue weighted by atomic mass is 16.5. The molecule has 0 aliphatic carbocycles. The fourth-order valence-electron chi connectivity index (χ4n) is 2.73. The summed E-state index contributed by atoms with van der Waals surface area (Å²) in [4.78, 5) is 26.8. The van der Waals surface area contributed by atoms with Crippen molar-refractivity contribution in [3.8, 4) is 0 Å². The predicted molar refractivity (Wildman–Crippen MR) is 93.2 cm³/mol. The van der Waals surface area contributed by atoms with Crippen LogP contribution in [-0.4, -0.2) is 42.5 Å². The molecular weight excluding hydrogens is 332 g/mol. The third-order valence-electron chi connectivity index (χ3n) is 4.03. The van der Waals surface area contributed by atoms with Crippen LogP contribution in [0.15, 0.2) is 59.8 Å². The van der Waals surface area contributed by atoms with E-state index < -0.39 is 0 Å². The first-order chi connectivity index (χ1) is 12.7. The van der Waals surface area contributed by atoms with E-state index in [1.807, 2.05) is 22.8 Å². The number of carbonyl (C=O) groups is 1. The Morgan fingerprint density at radius 3 is 2.81 bits per heavy atom. The van der Waals surface area contributed by atoms with E-state index >= 15 is 0 Å². The molecule has 1 aromatic carbocycles. The number of fused-ring (bicyclic) bond motifs is 1. The zero-order chi connectivity index (χ0) is 17.9. The number of hydrogen-bond donors (Lipinski definition) is 0. The Kier molecular flexibility index (Phi) is 4.14. The minimum atomic E-state index is -0.179. The van der Waals surface area contributed by atoms with E-state index in [2.05, 4.69) is 36.8 Å². The summed E-state index contributed by atoms with van der Waals surface area (Å²) in [6.07, 6.45) is 4.54. The number of nitrogens with zero attached hydrogens (tertiary/aromatic N) is 6. The van der Waals surface area contributed by atoms with Crippen molar-refractivity contribution in [3.63, 3.8) is 0 Å². The van der Waals surface area contributed by atoms with Crippen LogP contribution in [0.3, 0.4) is 0 Å². The van der Waals surface area contributed by atoms with E-state index in [-0.39, 0.29) is 12.5 Å². The lowest BCUT2D eigenvalue weighted by atomic mass is 10.2. The number of hydrogen-bond acceptors (Lipinski definition) is 6. The van der Waals surface area contributed by atoms with Crippen LogP contribution in [0, 0.1) is 0 Å². The molecule has 0 radical (unpaired) electrons. The van der Waals surface area contributed by atoms with Crippen LogP contribution in [-0.2, 0) is 13.1 Å². The van der Waals surface area contributed by atoms with Crippen LogP contribution in [0.1, 0.15) is 21.7 Å². The Morgan fingerprint density at radius 2 is 2.04 bits per heavy atom. The summed E-state index contributed by atoms with van der Waals surface area (Å²) in [6.45, 7) is 0.936. The van der Waals surface area contributed by atoms with E-state index in [9.17, 15) is 4.79 Å². The maximum absolute atomic E-state index is 12.6. The molecule has 8 nitrogen and oxygen atoms in total. The minimum absolute atomic E-state index is 0.179. The maximum Gasteiger partial charge on any atom is 0.255 e. The van der Waals surface area contributed by atoms with Gasteiger partial charge < -0.3 is 14.0 Å². The van der Waals surface area contributed by atoms with Crippen molar-refractivity contribution in [1.29, 1.82) is 0 Å². The van der Waals surface area contributed by atoms with Crippen LogP contribution in [0.2, 0.25) is 0 Å². The molecule has 0 atom stereocenters. The molecule has 0 aliphatic rings. The molecule has 0 saturated carbocycles. The second kappa shape index (κ2) is 6.75. The van der Waals surface area contributed by atoms with Crippen LogP contribution in [0.5, 0.6) is 0 Å². The zero-order valence-electron chi connectivity index (χ0n) is 14.1. The molecule has 0 bridgehead atoms. The molecule has 1 amide bonds. The van der Waals surface area contributed by atoms with Gasteiger partial charge in [-0.2, -0.15) is 4.98 Å². The summed E-state index contributed by atoms with van der Waals surface area (Å²) in [5.74, 6) is 0.267. The fraction of sp³-hybridized carbons (Fsp3) is 0.167. The van der Waals surface area contributed by atoms with Gasteiger partial charge in [-0.25, -0.2) is 9.97 Å². The van der Waals surface area contributed by atoms with E-state index in [4.69, 9.17) is 0 Å². The first kappa shape index (κ1) is 15.9. The van der Waals surface area contributed by atoms with E-state index in [1.54, 1.807) is 25.6 Å². The number of amides is 1. The van der Waals surface area contributed by atoms with E-state index in [0.717, 1.165) is 11.2 Å². The van der Waals surface area contributed by atoms with Gasteiger partial charge >= 0.3 is 0 Å². The molecule has 130 valence electrons. The van der Waals surface area contributed by atoms with Gasteiger partial charge in [-0.3, -0.25) is 4.79 Å². The topological polar surface area (TPSA) is 89.9 Å². The lowest BCUT2D eigenvalue weighted by molar-refractivity contribution is 0.0780. The highest BCUT2D eigenvalue weighted by molar-refractivity contribution is 5.96. The van der Waals surface area contributed by atoms with Gasteiger partial charge in [0.15, 0.2) is 11.5 Å². The smallest absolute Gasteiger partial charge is 0.255 e. The zero-order valence-corrected chi connectivity index (χ0v) is 14.1. The van der Waals surface area contributed by atoms with E-state index in [1.165, 1.54) is 11.3 Å². The van der Waals surface area contributed by atoms with Crippen molar-refractivity contribution in [2.45, 2.75) is 13.1 Å². The average Bonchev–Trinajstić information content (AvgIpc) is 3.32. The van der Waals surface area contributed by atoms with Gasteiger partial charge in [0.1, 0.15) is 5.52 Å². The number of benzene rings is 1. The van der Waals surface area contributed by atoms with Gasteiger partial charge in [0, 0.05) is 13.2 Å².